The van der Waals surface area contributed by atoms with Crippen LogP contribution in [0.1, 0.15) is 11.1 Å². The number of hydrogen-bond acceptors (Lipinski definition) is 7. The van der Waals surface area contributed by atoms with Crippen LogP contribution in [0.25, 0.3) is 10.1 Å². The van der Waals surface area contributed by atoms with E-state index in [2.05, 4.69) is 9.88 Å². The Labute approximate surface area is 210 Å². The first-order valence-corrected chi connectivity index (χ1v) is 12.2. The molecule has 0 N–H and O–H groups in total. The lowest BCUT2D eigenvalue weighted by Crippen LogP contribution is -2.29. The van der Waals surface area contributed by atoms with Gasteiger partial charge >= 0.3 is 6.18 Å². The number of aromatic nitrogens is 1. The van der Waals surface area contributed by atoms with Gasteiger partial charge in [-0.2, -0.15) is 18.2 Å². The van der Waals surface area contributed by atoms with Gasteiger partial charge in [0.15, 0.2) is 5.13 Å². The number of likely N-dealkylation sites (tertiary alicyclic amines) is 1. The van der Waals surface area contributed by atoms with Gasteiger partial charge in [-0.1, -0.05) is 40.6 Å². The molecule has 0 amide bonds. The van der Waals surface area contributed by atoms with Gasteiger partial charge in [0.25, 0.3) is 11.2 Å². The van der Waals surface area contributed by atoms with Crippen molar-refractivity contribution in [3.8, 4) is 0 Å². The monoisotopic (exact) mass is 544 g/mol. The van der Waals surface area contributed by atoms with Crippen LogP contribution in [0.3, 0.4) is 0 Å². The number of benzene rings is 2. The highest BCUT2D eigenvalue weighted by atomic mass is 35.5. The second kappa shape index (κ2) is 8.88. The van der Waals surface area contributed by atoms with Gasteiger partial charge < -0.3 is 4.90 Å². The average Bonchev–Trinajstić information content (AvgIpc) is 3.33. The number of anilines is 1. The molecular weight excluding hydrogens is 528 g/mol. The maximum atomic E-state index is 13.2. The Kier molecular flexibility index (Phi) is 6.15. The molecule has 5 rings (SSSR count). The van der Waals surface area contributed by atoms with Crippen molar-refractivity contribution in [1.29, 1.82) is 0 Å². The molecule has 7 nitrogen and oxygen atoms in total. The summed E-state index contributed by atoms with van der Waals surface area (Å²) in [6.45, 7) is 3.56. The molecule has 2 saturated heterocycles. The number of rotatable bonds is 4. The number of nitro benzene ring substituents is 1. The van der Waals surface area contributed by atoms with Crippen LogP contribution in [0.2, 0.25) is 10.0 Å². The van der Waals surface area contributed by atoms with Gasteiger partial charge in [0.2, 0.25) is 0 Å². The van der Waals surface area contributed by atoms with E-state index in [1.807, 2.05) is 17.0 Å². The molecule has 2 aliphatic heterocycles. The molecule has 2 unspecified atom stereocenters. The number of halogens is 5. The molecule has 0 bridgehead atoms. The van der Waals surface area contributed by atoms with Crippen LogP contribution in [0, 0.1) is 22.0 Å². The van der Waals surface area contributed by atoms with Gasteiger partial charge in [-0.3, -0.25) is 19.8 Å². The molecular formula is C22H17Cl2F3N4O3S. The first-order chi connectivity index (χ1) is 16.5. The topological polar surface area (TPSA) is 79.6 Å². The van der Waals surface area contributed by atoms with Crippen LogP contribution in [0.15, 0.2) is 35.1 Å². The van der Waals surface area contributed by atoms with E-state index in [-0.39, 0.29) is 9.83 Å². The van der Waals surface area contributed by atoms with E-state index >= 15 is 0 Å². The number of hydrogen-bond donors (Lipinski definition) is 0. The maximum absolute atomic E-state index is 13.2. The molecule has 184 valence electrons. The van der Waals surface area contributed by atoms with Crippen LogP contribution >= 0.6 is 34.5 Å². The minimum atomic E-state index is -4.82. The number of non-ortho nitro benzene ring substituents is 1. The van der Waals surface area contributed by atoms with Crippen LogP contribution in [0.5, 0.6) is 0 Å². The van der Waals surface area contributed by atoms with Gasteiger partial charge in [-0.15, -0.1) is 0 Å². The first kappa shape index (κ1) is 24.2. The Morgan fingerprint density at radius 2 is 1.77 bits per heavy atom. The van der Waals surface area contributed by atoms with Crippen LogP contribution in [0.4, 0.5) is 24.0 Å². The number of fused-ring (bicyclic) bond motifs is 2. The fourth-order valence-electron chi connectivity index (χ4n) is 4.85. The van der Waals surface area contributed by atoms with Crippen molar-refractivity contribution < 1.29 is 18.1 Å². The van der Waals surface area contributed by atoms with E-state index in [0.717, 1.165) is 36.5 Å². The molecule has 2 aliphatic rings. The second-order valence-electron chi connectivity index (χ2n) is 8.80. The molecule has 0 saturated carbocycles. The third kappa shape index (κ3) is 4.69. The van der Waals surface area contributed by atoms with E-state index in [1.165, 1.54) is 0 Å². The smallest absolute Gasteiger partial charge is 0.347 e. The van der Waals surface area contributed by atoms with Crippen molar-refractivity contribution in [2.45, 2.75) is 12.7 Å². The Morgan fingerprint density at radius 3 is 2.37 bits per heavy atom. The summed E-state index contributed by atoms with van der Waals surface area (Å²) in [5.41, 5.74) is -1.83. The minimum Gasteiger partial charge on any atom is -0.347 e. The summed E-state index contributed by atoms with van der Waals surface area (Å²) in [7, 11) is 0. The lowest BCUT2D eigenvalue weighted by Gasteiger charge is -2.22. The highest BCUT2D eigenvalue weighted by Crippen LogP contribution is 2.40. The SMILES string of the molecule is O=c1nc(N2CC3CN(Cc4ccc(Cl)c(Cl)c4)CC3C2)sc2c([N+](=O)[O-])cc(C(F)(F)F)cc12. The molecule has 13 heteroatoms. The molecule has 1 aromatic heterocycles. The van der Waals surface area contributed by atoms with Crippen molar-refractivity contribution in [3.05, 3.63) is 72.0 Å². The molecule has 2 aromatic carbocycles. The second-order valence-corrected chi connectivity index (χ2v) is 10.6. The van der Waals surface area contributed by atoms with Crippen molar-refractivity contribution in [2.75, 3.05) is 31.1 Å². The van der Waals surface area contributed by atoms with E-state index in [4.69, 9.17) is 23.2 Å². The lowest BCUT2D eigenvalue weighted by atomic mass is 10.0. The van der Waals surface area contributed by atoms with Gasteiger partial charge in [0, 0.05) is 38.8 Å². The number of nitro groups is 1. The van der Waals surface area contributed by atoms with E-state index in [0.29, 0.717) is 47.1 Å². The zero-order chi connectivity index (χ0) is 25.1. The van der Waals surface area contributed by atoms with Crippen molar-refractivity contribution in [1.82, 2.24) is 9.88 Å². The van der Waals surface area contributed by atoms with E-state index in [1.54, 1.807) is 6.07 Å². The van der Waals surface area contributed by atoms with E-state index in [9.17, 15) is 28.1 Å². The summed E-state index contributed by atoms with van der Waals surface area (Å²) in [5, 5.41) is 12.4. The quantitative estimate of drug-likeness (QED) is 0.320. The summed E-state index contributed by atoms with van der Waals surface area (Å²) >= 11 is 13.0. The highest BCUT2D eigenvalue weighted by Gasteiger charge is 2.41. The molecule has 35 heavy (non-hydrogen) atoms. The summed E-state index contributed by atoms with van der Waals surface area (Å²) in [4.78, 5) is 31.4. The van der Waals surface area contributed by atoms with Gasteiger partial charge in [-0.25, -0.2) is 0 Å². The molecule has 3 aromatic rings. The Bertz CT molecular complexity index is 1390. The first-order valence-electron chi connectivity index (χ1n) is 10.6. The van der Waals surface area contributed by atoms with Gasteiger partial charge in [0.05, 0.1) is 25.9 Å². The summed E-state index contributed by atoms with van der Waals surface area (Å²) in [6, 6.07) is 6.65. The highest BCUT2D eigenvalue weighted by molar-refractivity contribution is 7.22. The summed E-state index contributed by atoms with van der Waals surface area (Å²) in [5.74, 6) is 0.611. The summed E-state index contributed by atoms with van der Waals surface area (Å²) < 4.78 is 39.5. The largest absolute Gasteiger partial charge is 0.416 e. The maximum Gasteiger partial charge on any atom is 0.416 e. The Hall–Kier alpha value is -2.47. The average molecular weight is 545 g/mol. The van der Waals surface area contributed by atoms with Crippen LogP contribution in [-0.4, -0.2) is 41.0 Å². The van der Waals surface area contributed by atoms with Crippen molar-refractivity contribution in [2.24, 2.45) is 11.8 Å². The fourth-order valence-corrected chi connectivity index (χ4v) is 6.25. The van der Waals surface area contributed by atoms with Gasteiger partial charge in [0.1, 0.15) is 4.70 Å². The van der Waals surface area contributed by atoms with Crippen LogP contribution < -0.4 is 10.5 Å². The predicted octanol–water partition coefficient (Wildman–Crippen LogP) is 5.46. The van der Waals surface area contributed by atoms with Crippen molar-refractivity contribution >= 4 is 55.4 Å². The Morgan fingerprint density at radius 1 is 1.09 bits per heavy atom. The fraction of sp³-hybridized carbons (Fsp3) is 0.364. The molecule has 0 aliphatic carbocycles. The third-order valence-corrected chi connectivity index (χ3v) is 8.34. The number of nitrogens with zero attached hydrogens (tertiary/aromatic N) is 4. The minimum absolute atomic E-state index is 0.101. The zero-order valence-corrected chi connectivity index (χ0v) is 20.2. The lowest BCUT2D eigenvalue weighted by molar-refractivity contribution is -0.383. The molecule has 2 atom stereocenters. The molecule has 2 fully saturated rings. The molecule has 3 heterocycles. The summed E-state index contributed by atoms with van der Waals surface area (Å²) in [6.07, 6.45) is -4.82. The Balaban J connectivity index is 1.37. The van der Waals surface area contributed by atoms with Gasteiger partial charge in [-0.05, 0) is 35.6 Å². The normalized spacial score (nSPS) is 20.5. The van der Waals surface area contributed by atoms with Crippen LogP contribution in [-0.2, 0) is 12.7 Å². The number of alkyl halides is 3. The molecule has 0 radical (unpaired) electrons. The van der Waals surface area contributed by atoms with E-state index < -0.39 is 33.3 Å². The zero-order valence-electron chi connectivity index (χ0n) is 17.9. The standard InChI is InChI=1S/C22H17Cl2F3N4O3S/c23-16-2-1-11(3-17(16)24)6-29-7-12-9-30(10-13(12)8-29)21-28-20(32)15-4-14(22(25,26)27)5-18(31(33)34)19(15)35-21/h1-5,12-13H,6-10H2. The van der Waals surface area contributed by atoms with Crippen molar-refractivity contribution in [3.63, 3.8) is 0 Å². The molecule has 0 spiro atoms. The predicted molar refractivity (Wildman–Crippen MR) is 128 cm³/mol. The third-order valence-electron chi connectivity index (χ3n) is 6.44.